The molecule has 0 bridgehead atoms. The van der Waals surface area contributed by atoms with Crippen LogP contribution < -0.4 is 32.9 Å². The summed E-state index contributed by atoms with van der Waals surface area (Å²) in [5.74, 6) is 2.69. The average Bonchev–Trinajstić information content (AvgIpc) is 2.72. The zero-order valence-corrected chi connectivity index (χ0v) is 20.4. The Morgan fingerprint density at radius 3 is 1.47 bits per heavy atom. The summed E-state index contributed by atoms with van der Waals surface area (Å²) < 4.78 is 0. The predicted molar refractivity (Wildman–Crippen MR) is 128 cm³/mol. The van der Waals surface area contributed by atoms with Crippen molar-refractivity contribution in [2.75, 3.05) is 0 Å². The fourth-order valence-electron chi connectivity index (χ4n) is 3.97. The molecule has 3 aromatic rings. The van der Waals surface area contributed by atoms with Crippen LogP contribution in [0.1, 0.15) is 33.6 Å². The van der Waals surface area contributed by atoms with Gasteiger partial charge in [0.2, 0.25) is 0 Å². The lowest BCUT2D eigenvalue weighted by Crippen LogP contribution is -3.00. The van der Waals surface area contributed by atoms with E-state index in [9.17, 15) is 4.79 Å². The van der Waals surface area contributed by atoms with Gasteiger partial charge >= 0.3 is 0 Å². The first-order valence-corrected chi connectivity index (χ1v) is 12.0. The molecule has 0 fully saturated rings. The van der Waals surface area contributed by atoms with Crippen LogP contribution in [0.25, 0.3) is 0 Å². The molecule has 0 saturated heterocycles. The van der Waals surface area contributed by atoms with E-state index in [1.165, 1.54) is 15.9 Å². The summed E-state index contributed by atoms with van der Waals surface area (Å²) in [5, 5.41) is 4.04. The highest BCUT2D eigenvalue weighted by Crippen LogP contribution is 2.57. The minimum atomic E-state index is -1.94. The molecule has 0 spiro atoms. The van der Waals surface area contributed by atoms with Crippen LogP contribution in [0.4, 0.5) is 0 Å². The summed E-state index contributed by atoms with van der Waals surface area (Å²) in [6.07, 6.45) is 3.79. The van der Waals surface area contributed by atoms with Crippen LogP contribution in [-0.4, -0.2) is 5.78 Å². The Morgan fingerprint density at radius 1 is 0.767 bits per heavy atom. The summed E-state index contributed by atoms with van der Waals surface area (Å²) in [5.41, 5.74) is -0.0396. The van der Waals surface area contributed by atoms with Crippen LogP contribution in [0.5, 0.6) is 0 Å². The van der Waals surface area contributed by atoms with Crippen molar-refractivity contribution in [3.05, 3.63) is 103 Å². The van der Waals surface area contributed by atoms with Crippen molar-refractivity contribution in [1.29, 1.82) is 0 Å². The maximum absolute atomic E-state index is 11.7. The molecule has 3 aromatic carbocycles. The SMILES string of the molecule is CC(=O)CC(C)(C)C/C=C/[P+](c1ccccc1)(c1ccccc1)c1ccccc1.[Br-]. The molecule has 0 aliphatic carbocycles. The molecular formula is C27H30BrOP. The number of carbonyl (C=O) groups is 1. The summed E-state index contributed by atoms with van der Waals surface area (Å²) in [6.45, 7) is 6.03. The van der Waals surface area contributed by atoms with Crippen LogP contribution in [0.3, 0.4) is 0 Å². The average molecular weight is 481 g/mol. The van der Waals surface area contributed by atoms with Gasteiger partial charge in [0, 0.05) is 6.42 Å². The second-order valence-corrected chi connectivity index (χ2v) is 11.7. The monoisotopic (exact) mass is 480 g/mol. The zero-order chi connectivity index (χ0) is 20.7. The van der Waals surface area contributed by atoms with Gasteiger partial charge in [-0.25, -0.2) is 0 Å². The molecule has 0 amide bonds. The highest BCUT2D eigenvalue weighted by atomic mass is 79.9. The number of rotatable bonds is 8. The highest BCUT2D eigenvalue weighted by molar-refractivity contribution is 7.98. The van der Waals surface area contributed by atoms with Crippen LogP contribution >= 0.6 is 7.26 Å². The van der Waals surface area contributed by atoms with Crippen molar-refractivity contribution in [1.82, 2.24) is 0 Å². The van der Waals surface area contributed by atoms with Crippen molar-refractivity contribution in [3.8, 4) is 0 Å². The number of hydrogen-bond acceptors (Lipinski definition) is 1. The van der Waals surface area contributed by atoms with Gasteiger partial charge in [0.05, 0.1) is 5.82 Å². The van der Waals surface area contributed by atoms with Crippen molar-refractivity contribution < 1.29 is 21.8 Å². The number of hydrogen-bond donors (Lipinski definition) is 0. The van der Waals surface area contributed by atoms with Gasteiger partial charge in [-0.2, -0.15) is 0 Å². The number of benzene rings is 3. The van der Waals surface area contributed by atoms with Gasteiger partial charge in [0.1, 0.15) is 29.0 Å². The van der Waals surface area contributed by atoms with Gasteiger partial charge in [-0.3, -0.25) is 0 Å². The second-order valence-electron chi connectivity index (χ2n) is 8.36. The van der Waals surface area contributed by atoms with Gasteiger partial charge in [-0.1, -0.05) is 68.4 Å². The third-order valence-electron chi connectivity index (χ3n) is 5.22. The van der Waals surface area contributed by atoms with Crippen LogP contribution in [0.15, 0.2) is 103 Å². The minimum Gasteiger partial charge on any atom is -1.00 e. The van der Waals surface area contributed by atoms with E-state index in [-0.39, 0.29) is 28.2 Å². The first-order valence-electron chi connectivity index (χ1n) is 10.2. The maximum Gasteiger partial charge on any atom is 0.136 e. The summed E-state index contributed by atoms with van der Waals surface area (Å²) in [6, 6.07) is 32.5. The smallest absolute Gasteiger partial charge is 0.136 e. The lowest BCUT2D eigenvalue weighted by molar-refractivity contribution is -0.118. The van der Waals surface area contributed by atoms with E-state index < -0.39 is 7.26 Å². The van der Waals surface area contributed by atoms with Crippen molar-refractivity contribution in [3.63, 3.8) is 0 Å². The lowest BCUT2D eigenvalue weighted by atomic mass is 9.84. The second kappa shape index (κ2) is 10.8. The number of allylic oxidation sites excluding steroid dienone is 1. The maximum atomic E-state index is 11.7. The Morgan fingerprint density at radius 2 is 1.13 bits per heavy atom. The van der Waals surface area contributed by atoms with Crippen LogP contribution in [-0.2, 0) is 4.79 Å². The van der Waals surface area contributed by atoms with Crippen molar-refractivity contribution >= 4 is 29.0 Å². The van der Waals surface area contributed by atoms with Gasteiger partial charge in [0.25, 0.3) is 0 Å². The van der Waals surface area contributed by atoms with Gasteiger partial charge in [-0.05, 0) is 61.2 Å². The molecule has 0 aromatic heterocycles. The highest BCUT2D eigenvalue weighted by Gasteiger charge is 2.43. The Bertz CT molecular complexity index is 853. The zero-order valence-electron chi connectivity index (χ0n) is 18.0. The van der Waals surface area contributed by atoms with Gasteiger partial charge in [-0.15, -0.1) is 0 Å². The molecule has 0 N–H and O–H groups in total. The van der Waals surface area contributed by atoms with Crippen LogP contribution in [0, 0.1) is 5.41 Å². The van der Waals surface area contributed by atoms with E-state index in [0.29, 0.717) is 6.42 Å². The van der Waals surface area contributed by atoms with Crippen LogP contribution in [0.2, 0.25) is 0 Å². The minimum absolute atomic E-state index is 0. The first kappa shape index (κ1) is 24.3. The molecule has 30 heavy (non-hydrogen) atoms. The molecular weight excluding hydrogens is 451 g/mol. The lowest BCUT2D eigenvalue weighted by Gasteiger charge is -2.25. The summed E-state index contributed by atoms with van der Waals surface area (Å²) >= 11 is 0. The normalized spacial score (nSPS) is 11.8. The van der Waals surface area contributed by atoms with E-state index in [0.717, 1.165) is 6.42 Å². The van der Waals surface area contributed by atoms with E-state index in [4.69, 9.17) is 0 Å². The topological polar surface area (TPSA) is 17.1 Å². The first-order chi connectivity index (χ1) is 13.9. The standard InChI is InChI=1S/C27H30OP.BrH/c1-23(28)22-27(2,3)20-13-21-29(24-14-7-4-8-15-24,25-16-9-5-10-17-25)26-18-11-6-12-19-26;/h4-19,21H,20,22H2,1-3H3;1H/q+1;/p-1/b21-13+;. The molecule has 3 rings (SSSR count). The summed E-state index contributed by atoms with van der Waals surface area (Å²) in [4.78, 5) is 11.7. The van der Waals surface area contributed by atoms with Crippen molar-refractivity contribution in [2.24, 2.45) is 5.41 Å². The van der Waals surface area contributed by atoms with Gasteiger partial charge in [0.15, 0.2) is 0 Å². The Hall–Kier alpha value is -2.02. The number of carbonyl (C=O) groups excluding carboxylic acids is 1. The van der Waals surface area contributed by atoms with E-state index in [2.05, 4.69) is 117 Å². The number of ketones is 1. The molecule has 3 heteroatoms. The molecule has 0 saturated carbocycles. The molecule has 0 aliphatic rings. The molecule has 0 heterocycles. The third-order valence-corrected chi connectivity index (χ3v) is 9.21. The molecule has 0 unspecified atom stereocenters. The summed E-state index contributed by atoms with van der Waals surface area (Å²) in [7, 11) is -1.94. The number of Topliss-reactive ketones (excluding diaryl/α,β-unsaturated/α-hetero) is 1. The molecule has 0 aliphatic heterocycles. The van der Waals surface area contributed by atoms with Crippen molar-refractivity contribution in [2.45, 2.75) is 33.6 Å². The molecule has 156 valence electrons. The number of halogens is 1. The Balaban J connectivity index is 0.00000320. The quantitative estimate of drug-likeness (QED) is 0.453. The molecule has 0 atom stereocenters. The fraction of sp³-hybridized carbons (Fsp3) is 0.222. The largest absolute Gasteiger partial charge is 1.00 e. The third kappa shape index (κ3) is 5.78. The van der Waals surface area contributed by atoms with Gasteiger partial charge < -0.3 is 21.8 Å². The van der Waals surface area contributed by atoms with E-state index in [1.807, 2.05) is 0 Å². The van der Waals surface area contributed by atoms with E-state index in [1.54, 1.807) is 6.92 Å². The Labute approximate surface area is 192 Å². The Kier molecular flexibility index (Phi) is 8.77. The molecule has 0 radical (unpaired) electrons. The fourth-order valence-corrected chi connectivity index (χ4v) is 7.73. The van der Waals surface area contributed by atoms with E-state index >= 15 is 0 Å². The molecule has 1 nitrogen and oxygen atoms in total. The predicted octanol–water partition coefficient (Wildman–Crippen LogP) is 2.89.